The summed E-state index contributed by atoms with van der Waals surface area (Å²) in [7, 11) is 0. The van der Waals surface area contributed by atoms with Crippen LogP contribution in [0.3, 0.4) is 0 Å². The first-order valence-electron chi connectivity index (χ1n) is 7.58. The Balaban J connectivity index is 1.48. The minimum absolute atomic E-state index is 0.111. The first-order valence-corrected chi connectivity index (χ1v) is 9.27. The Labute approximate surface area is 141 Å². The van der Waals surface area contributed by atoms with Crippen LogP contribution in [0.15, 0.2) is 34.8 Å². The lowest BCUT2D eigenvalue weighted by atomic mass is 10.1. The number of nitrogens with zero attached hydrogens (tertiary/aromatic N) is 2. The molecule has 1 unspecified atom stereocenters. The molecule has 3 aromatic rings. The Morgan fingerprint density at radius 3 is 3.04 bits per heavy atom. The van der Waals surface area contributed by atoms with E-state index in [-0.39, 0.29) is 11.0 Å². The van der Waals surface area contributed by atoms with Crippen molar-refractivity contribution in [1.29, 1.82) is 0 Å². The van der Waals surface area contributed by atoms with Crippen LogP contribution in [-0.4, -0.2) is 32.3 Å². The zero-order valence-electron chi connectivity index (χ0n) is 12.6. The van der Waals surface area contributed by atoms with Gasteiger partial charge < -0.3 is 10.3 Å². The second-order valence-corrected chi connectivity index (χ2v) is 8.23. The number of hydrogen-bond donors (Lipinski definition) is 2. The molecule has 118 valence electrons. The van der Waals surface area contributed by atoms with E-state index in [1.807, 2.05) is 31.2 Å². The number of fused-ring (bicyclic) bond motifs is 1. The van der Waals surface area contributed by atoms with Gasteiger partial charge in [-0.15, -0.1) is 10.2 Å². The largest absolute Gasteiger partial charge is 0.360 e. The summed E-state index contributed by atoms with van der Waals surface area (Å²) in [4.78, 5) is 15.9. The predicted octanol–water partition coefficient (Wildman–Crippen LogP) is 3.96. The van der Waals surface area contributed by atoms with E-state index >= 15 is 0 Å². The Morgan fingerprint density at radius 2 is 2.22 bits per heavy atom. The highest BCUT2D eigenvalue weighted by Crippen LogP contribution is 2.33. The van der Waals surface area contributed by atoms with Gasteiger partial charge in [-0.25, -0.2) is 0 Å². The fraction of sp³-hybridized carbons (Fsp3) is 0.312. The van der Waals surface area contributed by atoms with Gasteiger partial charge in [0, 0.05) is 28.7 Å². The number of anilines is 1. The molecule has 2 N–H and O–H groups in total. The van der Waals surface area contributed by atoms with Gasteiger partial charge in [0.25, 0.3) is 0 Å². The monoisotopic (exact) mass is 344 g/mol. The summed E-state index contributed by atoms with van der Waals surface area (Å²) in [6.07, 6.45) is 4.21. The number of para-hydroxylation sites is 1. The predicted molar refractivity (Wildman–Crippen MR) is 94.5 cm³/mol. The number of carbonyl (C=O) groups excluding carboxylic acids is 1. The first-order chi connectivity index (χ1) is 11.2. The molecule has 1 atom stereocenters. The van der Waals surface area contributed by atoms with Gasteiger partial charge in [-0.2, -0.15) is 0 Å². The summed E-state index contributed by atoms with van der Waals surface area (Å²) in [5, 5.41) is 13.3. The van der Waals surface area contributed by atoms with Crippen molar-refractivity contribution >= 4 is 44.9 Å². The number of nitrogens with one attached hydrogen (secondary N) is 2. The maximum atomic E-state index is 12.7. The van der Waals surface area contributed by atoms with Crippen molar-refractivity contribution in [2.24, 2.45) is 0 Å². The second kappa shape index (κ2) is 5.98. The topological polar surface area (TPSA) is 70.7 Å². The lowest BCUT2D eigenvalue weighted by molar-refractivity contribution is 0.0995. The molecule has 1 saturated carbocycles. The molecule has 1 aromatic carbocycles. The lowest BCUT2D eigenvalue weighted by Crippen LogP contribution is -2.12. The van der Waals surface area contributed by atoms with E-state index in [9.17, 15) is 4.79 Å². The van der Waals surface area contributed by atoms with Gasteiger partial charge >= 0.3 is 0 Å². The first kappa shape index (κ1) is 14.7. The van der Waals surface area contributed by atoms with Crippen molar-refractivity contribution < 1.29 is 4.79 Å². The summed E-state index contributed by atoms with van der Waals surface area (Å²) in [5.74, 6) is 0.111. The molecule has 23 heavy (non-hydrogen) atoms. The van der Waals surface area contributed by atoms with Crippen LogP contribution in [-0.2, 0) is 0 Å². The third kappa shape index (κ3) is 3.11. The molecule has 2 heterocycles. The molecule has 7 heteroatoms. The summed E-state index contributed by atoms with van der Waals surface area (Å²) in [5.41, 5.74) is 1.72. The number of hydrogen-bond acceptors (Lipinski definition) is 6. The van der Waals surface area contributed by atoms with Crippen molar-refractivity contribution in [2.45, 2.75) is 35.4 Å². The molecular formula is C16H16N4OS2. The van der Waals surface area contributed by atoms with E-state index in [2.05, 4.69) is 20.5 Å². The van der Waals surface area contributed by atoms with Gasteiger partial charge in [0.1, 0.15) is 0 Å². The van der Waals surface area contributed by atoms with Gasteiger partial charge in [-0.1, -0.05) is 41.3 Å². The van der Waals surface area contributed by atoms with Crippen molar-refractivity contribution in [3.8, 4) is 0 Å². The minimum Gasteiger partial charge on any atom is -0.360 e. The maximum Gasteiger partial charge on any atom is 0.206 e. The number of Topliss-reactive ketones (excluding diaryl/α,β-unsaturated/α-hetero) is 1. The van der Waals surface area contributed by atoms with Crippen LogP contribution >= 0.6 is 23.1 Å². The third-order valence-corrected chi connectivity index (χ3v) is 5.85. The minimum atomic E-state index is -0.198. The van der Waals surface area contributed by atoms with Crippen LogP contribution in [0, 0.1) is 0 Å². The van der Waals surface area contributed by atoms with Crippen LogP contribution in [0.1, 0.15) is 30.1 Å². The number of carbonyl (C=O) groups is 1. The molecule has 2 aromatic heterocycles. The summed E-state index contributed by atoms with van der Waals surface area (Å²) >= 11 is 2.99. The molecule has 5 nitrogen and oxygen atoms in total. The van der Waals surface area contributed by atoms with E-state index in [0.717, 1.165) is 25.9 Å². The Morgan fingerprint density at radius 1 is 1.39 bits per heavy atom. The molecule has 0 saturated heterocycles. The molecule has 0 spiro atoms. The van der Waals surface area contributed by atoms with Crippen LogP contribution in [0.25, 0.3) is 10.9 Å². The van der Waals surface area contributed by atoms with Crippen molar-refractivity contribution in [2.75, 3.05) is 5.32 Å². The zero-order chi connectivity index (χ0) is 15.8. The van der Waals surface area contributed by atoms with Gasteiger partial charge in [0.05, 0.1) is 5.25 Å². The summed E-state index contributed by atoms with van der Waals surface area (Å²) < 4.78 is 0.828. The van der Waals surface area contributed by atoms with Crippen molar-refractivity contribution in [3.05, 3.63) is 36.0 Å². The second-order valence-electron chi connectivity index (χ2n) is 5.66. The molecule has 0 radical (unpaired) electrons. The average Bonchev–Trinajstić information content (AvgIpc) is 3.09. The van der Waals surface area contributed by atoms with Gasteiger partial charge in [0.2, 0.25) is 5.13 Å². The SMILES string of the molecule is CC(Sc1nnc(NC2CC2)s1)C(=O)c1c[nH]c2ccccc12. The highest BCUT2D eigenvalue weighted by atomic mass is 32.2. The Bertz CT molecular complexity index is 853. The molecule has 0 amide bonds. The molecule has 0 aliphatic heterocycles. The number of ketones is 1. The fourth-order valence-corrected chi connectivity index (χ4v) is 4.46. The highest BCUT2D eigenvalue weighted by molar-refractivity contribution is 8.02. The van der Waals surface area contributed by atoms with Crippen LogP contribution in [0.4, 0.5) is 5.13 Å². The molecule has 4 rings (SSSR count). The van der Waals surface area contributed by atoms with Crippen molar-refractivity contribution in [1.82, 2.24) is 15.2 Å². The smallest absolute Gasteiger partial charge is 0.206 e. The van der Waals surface area contributed by atoms with Crippen LogP contribution < -0.4 is 5.32 Å². The van der Waals surface area contributed by atoms with Crippen LogP contribution in [0.2, 0.25) is 0 Å². The highest BCUT2D eigenvalue weighted by Gasteiger charge is 2.24. The standard InChI is InChI=1S/C16H16N4OS2/c1-9(22-16-20-19-15(23-16)18-10-6-7-10)14(21)12-8-17-13-5-3-2-4-11(12)13/h2-5,8-10,17H,6-7H2,1H3,(H,18,19). The van der Waals surface area contributed by atoms with Crippen LogP contribution in [0.5, 0.6) is 0 Å². The van der Waals surface area contributed by atoms with Gasteiger partial charge in [0.15, 0.2) is 10.1 Å². The third-order valence-electron chi connectivity index (χ3n) is 3.81. The maximum absolute atomic E-state index is 12.7. The van der Waals surface area contributed by atoms with Gasteiger partial charge in [-0.05, 0) is 25.8 Å². The lowest BCUT2D eigenvalue weighted by Gasteiger charge is -2.06. The normalized spacial score (nSPS) is 15.7. The number of rotatable bonds is 6. The number of aromatic amines is 1. The number of benzene rings is 1. The van der Waals surface area contributed by atoms with E-state index in [1.54, 1.807) is 6.20 Å². The molecule has 1 aliphatic rings. The molecular weight excluding hydrogens is 328 g/mol. The molecule has 0 bridgehead atoms. The van der Waals surface area contributed by atoms with E-state index in [4.69, 9.17) is 0 Å². The Hall–Kier alpha value is -1.86. The van der Waals surface area contributed by atoms with E-state index < -0.39 is 0 Å². The van der Waals surface area contributed by atoms with E-state index in [0.29, 0.717) is 6.04 Å². The average molecular weight is 344 g/mol. The summed E-state index contributed by atoms with van der Waals surface area (Å²) in [6, 6.07) is 8.42. The fourth-order valence-electron chi connectivity index (χ4n) is 2.42. The number of aromatic nitrogens is 3. The van der Waals surface area contributed by atoms with Crippen molar-refractivity contribution in [3.63, 3.8) is 0 Å². The number of thioether (sulfide) groups is 1. The zero-order valence-corrected chi connectivity index (χ0v) is 14.2. The quantitative estimate of drug-likeness (QED) is 0.523. The summed E-state index contributed by atoms with van der Waals surface area (Å²) in [6.45, 7) is 1.92. The molecule has 1 aliphatic carbocycles. The van der Waals surface area contributed by atoms with Gasteiger partial charge in [-0.3, -0.25) is 4.79 Å². The Kier molecular flexibility index (Phi) is 3.82. The van der Waals surface area contributed by atoms with E-state index in [1.165, 1.54) is 35.9 Å². The molecule has 1 fully saturated rings. The number of H-pyrrole nitrogens is 1.